The molecule has 2 saturated heterocycles. The zero-order chi connectivity index (χ0) is 22.9. The first-order valence-electron chi connectivity index (χ1n) is 11.2. The van der Waals surface area contributed by atoms with E-state index in [0.717, 1.165) is 40.5 Å². The molecule has 33 heavy (non-hydrogen) atoms. The molecular weight excluding hydrogens is 440 g/mol. The quantitative estimate of drug-likeness (QED) is 0.596. The molecule has 2 aromatic heterocycles. The molecule has 3 atom stereocenters. The number of carbonyl (C=O) groups is 1. The number of morpholine rings is 1. The summed E-state index contributed by atoms with van der Waals surface area (Å²) in [5.41, 5.74) is 4.88. The number of nitrogens with zero attached hydrogens (tertiary/aromatic N) is 6. The van der Waals surface area contributed by atoms with E-state index in [1.54, 1.807) is 0 Å². The lowest BCUT2D eigenvalue weighted by Crippen LogP contribution is -2.41. The summed E-state index contributed by atoms with van der Waals surface area (Å²) in [5.74, 6) is 1.55. The first kappa shape index (κ1) is 20.6. The van der Waals surface area contributed by atoms with E-state index >= 15 is 0 Å². The molecule has 0 unspecified atom stereocenters. The van der Waals surface area contributed by atoms with Gasteiger partial charge in [0.05, 0.1) is 36.6 Å². The lowest BCUT2D eigenvalue weighted by molar-refractivity contribution is -0.136. The lowest BCUT2D eigenvalue weighted by Gasteiger charge is -2.27. The number of halogens is 1. The predicted molar refractivity (Wildman–Crippen MR) is 124 cm³/mol. The molecule has 2 bridgehead atoms. The molecule has 3 aliphatic heterocycles. The minimum Gasteiger partial charge on any atom is -0.374 e. The Hall–Kier alpha value is -2.97. The summed E-state index contributed by atoms with van der Waals surface area (Å²) in [4.78, 5) is 20.5. The average molecular weight is 465 g/mol. The van der Waals surface area contributed by atoms with Gasteiger partial charge < -0.3 is 14.2 Å². The Balaban J connectivity index is 1.48. The largest absolute Gasteiger partial charge is 0.374 e. The summed E-state index contributed by atoms with van der Waals surface area (Å²) in [6, 6.07) is 7.43. The summed E-state index contributed by atoms with van der Waals surface area (Å²) in [7, 11) is 2.02. The fourth-order valence-corrected chi connectivity index (χ4v) is 5.42. The van der Waals surface area contributed by atoms with Gasteiger partial charge >= 0.3 is 0 Å². The van der Waals surface area contributed by atoms with Crippen molar-refractivity contribution >= 4 is 23.2 Å². The van der Waals surface area contributed by atoms with E-state index < -0.39 is 6.04 Å². The van der Waals surface area contributed by atoms with Crippen molar-refractivity contribution in [3.05, 3.63) is 64.0 Å². The Kier molecular flexibility index (Phi) is 4.71. The van der Waals surface area contributed by atoms with E-state index in [2.05, 4.69) is 27.9 Å². The summed E-state index contributed by atoms with van der Waals surface area (Å²) in [6.45, 7) is 5.30. The van der Waals surface area contributed by atoms with Gasteiger partial charge in [-0.2, -0.15) is 0 Å². The van der Waals surface area contributed by atoms with Gasteiger partial charge in [-0.25, -0.2) is 0 Å². The van der Waals surface area contributed by atoms with E-state index in [4.69, 9.17) is 21.3 Å². The van der Waals surface area contributed by atoms with Crippen molar-refractivity contribution in [2.45, 2.75) is 44.9 Å². The number of hydrogen-bond acceptors (Lipinski definition) is 5. The normalized spacial score (nSPS) is 23.3. The van der Waals surface area contributed by atoms with Crippen LogP contribution in [0.2, 0.25) is 5.02 Å². The van der Waals surface area contributed by atoms with Crippen LogP contribution >= 0.6 is 11.6 Å². The number of amides is 1. The summed E-state index contributed by atoms with van der Waals surface area (Å²) >= 11 is 6.17. The van der Waals surface area contributed by atoms with Crippen LogP contribution in [0, 0.1) is 13.8 Å². The van der Waals surface area contributed by atoms with Gasteiger partial charge in [0.2, 0.25) is 5.91 Å². The number of ether oxygens (including phenoxy) is 1. The molecule has 3 aliphatic rings. The van der Waals surface area contributed by atoms with Crippen LogP contribution in [-0.4, -0.2) is 61.1 Å². The zero-order valence-corrected chi connectivity index (χ0v) is 19.6. The van der Waals surface area contributed by atoms with Crippen LogP contribution in [0.4, 0.5) is 0 Å². The van der Waals surface area contributed by atoms with Crippen LogP contribution in [0.15, 0.2) is 35.5 Å². The summed E-state index contributed by atoms with van der Waals surface area (Å²) in [5, 5.41) is 9.51. The molecule has 0 spiro atoms. The molecule has 9 heteroatoms. The van der Waals surface area contributed by atoms with Crippen LogP contribution in [0.1, 0.15) is 47.4 Å². The number of carbonyl (C=O) groups excluding carboxylic acids is 1. The smallest absolute Gasteiger partial charge is 0.225 e. The number of fused-ring (bicyclic) bond motifs is 5. The highest BCUT2D eigenvalue weighted by molar-refractivity contribution is 6.30. The first-order valence-corrected chi connectivity index (χ1v) is 11.6. The Morgan fingerprint density at radius 1 is 1.21 bits per heavy atom. The van der Waals surface area contributed by atoms with Gasteiger partial charge in [0.1, 0.15) is 11.9 Å². The molecule has 0 saturated carbocycles. The zero-order valence-electron chi connectivity index (χ0n) is 18.8. The average Bonchev–Trinajstić information content (AvgIpc) is 3.56. The number of aryl methyl sites for hydroxylation is 2. The monoisotopic (exact) mass is 464 g/mol. The van der Waals surface area contributed by atoms with Crippen LogP contribution in [0.25, 0.3) is 5.69 Å². The molecule has 170 valence electrons. The number of aliphatic imine (C=N–C) groups is 1. The minimum atomic E-state index is -0.443. The molecule has 1 amide bonds. The van der Waals surface area contributed by atoms with Gasteiger partial charge in [0, 0.05) is 41.6 Å². The van der Waals surface area contributed by atoms with Crippen molar-refractivity contribution in [3.8, 4) is 5.69 Å². The Morgan fingerprint density at radius 2 is 2.00 bits per heavy atom. The minimum absolute atomic E-state index is 0.0890. The third kappa shape index (κ3) is 3.23. The maximum absolute atomic E-state index is 13.4. The van der Waals surface area contributed by atoms with Crippen molar-refractivity contribution in [2.24, 2.45) is 12.0 Å². The molecule has 5 heterocycles. The molecule has 0 aliphatic carbocycles. The number of rotatable bonds is 3. The van der Waals surface area contributed by atoms with E-state index in [0.29, 0.717) is 24.0 Å². The number of aromatic nitrogens is 4. The maximum Gasteiger partial charge on any atom is 0.225 e. The van der Waals surface area contributed by atoms with Crippen LogP contribution in [-0.2, 0) is 16.6 Å². The van der Waals surface area contributed by atoms with Crippen molar-refractivity contribution in [3.63, 3.8) is 0 Å². The highest BCUT2D eigenvalue weighted by Crippen LogP contribution is 2.36. The SMILES string of the molecule is Cc1c2c(cn1C)-n1c(C)nnc1[C@H](CC(=O)N1C[C@H]3C[C@@H]1CO3)N=C2c1ccc(Cl)cc1. The van der Waals surface area contributed by atoms with Crippen LogP contribution in [0.5, 0.6) is 0 Å². The van der Waals surface area contributed by atoms with Crippen LogP contribution in [0.3, 0.4) is 0 Å². The van der Waals surface area contributed by atoms with Gasteiger partial charge in [0.25, 0.3) is 0 Å². The van der Waals surface area contributed by atoms with E-state index in [9.17, 15) is 4.79 Å². The second-order valence-electron chi connectivity index (χ2n) is 9.12. The highest BCUT2D eigenvalue weighted by atomic mass is 35.5. The second kappa shape index (κ2) is 7.53. The third-order valence-electron chi connectivity index (χ3n) is 7.08. The Bertz CT molecular complexity index is 1290. The molecule has 2 fully saturated rings. The Morgan fingerprint density at radius 3 is 2.70 bits per heavy atom. The van der Waals surface area contributed by atoms with Crippen molar-refractivity contribution in [1.29, 1.82) is 0 Å². The molecule has 3 aromatic rings. The lowest BCUT2D eigenvalue weighted by atomic mass is 10.0. The van der Waals surface area contributed by atoms with Crippen molar-refractivity contribution in [2.75, 3.05) is 13.2 Å². The number of benzene rings is 1. The maximum atomic E-state index is 13.4. The molecular formula is C24H25ClN6O2. The topological polar surface area (TPSA) is 77.5 Å². The van der Waals surface area contributed by atoms with Gasteiger partial charge in [0.15, 0.2) is 5.82 Å². The molecule has 0 radical (unpaired) electrons. The van der Waals surface area contributed by atoms with Crippen molar-refractivity contribution in [1.82, 2.24) is 24.2 Å². The molecule has 6 rings (SSSR count). The third-order valence-corrected chi connectivity index (χ3v) is 7.33. The number of likely N-dealkylation sites (tertiary alicyclic amines) is 1. The fraction of sp³-hybridized carbons (Fsp3) is 0.417. The molecule has 8 nitrogen and oxygen atoms in total. The van der Waals surface area contributed by atoms with Gasteiger partial charge in [-0.1, -0.05) is 23.7 Å². The van der Waals surface area contributed by atoms with Gasteiger partial charge in [-0.3, -0.25) is 14.4 Å². The first-order chi connectivity index (χ1) is 15.9. The fourth-order valence-electron chi connectivity index (χ4n) is 5.29. The summed E-state index contributed by atoms with van der Waals surface area (Å²) in [6.07, 6.45) is 3.42. The van der Waals surface area contributed by atoms with E-state index in [1.165, 1.54) is 0 Å². The van der Waals surface area contributed by atoms with Gasteiger partial charge in [-0.15, -0.1) is 10.2 Å². The van der Waals surface area contributed by atoms with E-state index in [1.807, 2.05) is 47.7 Å². The number of hydrogen-bond donors (Lipinski definition) is 0. The Labute approximate surface area is 196 Å². The van der Waals surface area contributed by atoms with Gasteiger partial charge in [-0.05, 0) is 32.4 Å². The molecule has 1 aromatic carbocycles. The highest BCUT2D eigenvalue weighted by Gasteiger charge is 2.42. The molecule has 0 N–H and O–H groups in total. The second-order valence-corrected chi connectivity index (χ2v) is 9.56. The summed E-state index contributed by atoms with van der Waals surface area (Å²) < 4.78 is 9.82. The van der Waals surface area contributed by atoms with E-state index in [-0.39, 0.29) is 24.5 Å². The predicted octanol–water partition coefficient (Wildman–Crippen LogP) is 3.16. The standard InChI is InChI=1S/C24H25ClN6O2/c1-13-22-20(11-29(13)3)31-14(2)27-28-24(31)19(26-23(22)15-4-6-16(25)7-5-15)9-21(32)30-10-18-8-17(30)12-33-18/h4-7,11,17-19H,8-10,12H2,1-3H3/t17-,18-,19+/m1/s1. The van der Waals surface area contributed by atoms with Crippen molar-refractivity contribution < 1.29 is 9.53 Å². The van der Waals surface area contributed by atoms with Crippen LogP contribution < -0.4 is 0 Å².